The van der Waals surface area contributed by atoms with Gasteiger partial charge in [0, 0.05) is 12.0 Å². The van der Waals surface area contributed by atoms with Crippen molar-refractivity contribution in [1.82, 2.24) is 0 Å². The molecule has 1 aromatic rings. The highest BCUT2D eigenvalue weighted by molar-refractivity contribution is 5.88. The number of ether oxygens (including phenoxy) is 1. The molecule has 0 saturated heterocycles. The summed E-state index contributed by atoms with van der Waals surface area (Å²) in [5, 5.41) is 9.44. The molecule has 1 rings (SSSR count). The monoisotopic (exact) mass is 277 g/mol. The Hall–Kier alpha value is -2.22. The van der Waals surface area contributed by atoms with Gasteiger partial charge in [-0.15, -0.1) is 0 Å². The maximum absolute atomic E-state index is 14.0. The fourth-order valence-corrected chi connectivity index (χ4v) is 1.93. The fourth-order valence-electron chi connectivity index (χ4n) is 1.93. The molecule has 0 aliphatic rings. The summed E-state index contributed by atoms with van der Waals surface area (Å²) >= 11 is 0. The summed E-state index contributed by atoms with van der Waals surface area (Å²) in [6.45, 7) is 3.04. The molecule has 0 bridgehead atoms. The van der Waals surface area contributed by atoms with E-state index in [1.165, 1.54) is 31.2 Å². The van der Waals surface area contributed by atoms with E-state index in [0.29, 0.717) is 0 Å². The van der Waals surface area contributed by atoms with Crippen LogP contribution in [0.2, 0.25) is 0 Å². The first-order chi connectivity index (χ1) is 9.47. The van der Waals surface area contributed by atoms with Crippen molar-refractivity contribution in [3.05, 3.63) is 35.6 Å². The Labute approximate surface area is 117 Å². The van der Waals surface area contributed by atoms with Gasteiger partial charge in [0.15, 0.2) is 5.41 Å². The molecular weight excluding hydrogens is 261 g/mol. The lowest BCUT2D eigenvalue weighted by molar-refractivity contribution is -0.148. The van der Waals surface area contributed by atoms with Crippen LogP contribution >= 0.6 is 0 Å². The van der Waals surface area contributed by atoms with Gasteiger partial charge in [-0.3, -0.25) is 0 Å². The molecule has 5 heteroatoms. The Bertz CT molecular complexity index is 550. The van der Waals surface area contributed by atoms with Crippen LogP contribution < -0.4 is 0 Å². The summed E-state index contributed by atoms with van der Waals surface area (Å²) in [7, 11) is 0. The highest BCUT2D eigenvalue weighted by Gasteiger charge is 2.44. The summed E-state index contributed by atoms with van der Waals surface area (Å²) in [6, 6.07) is 7.40. The van der Waals surface area contributed by atoms with Crippen molar-refractivity contribution in [3.63, 3.8) is 0 Å². The van der Waals surface area contributed by atoms with Gasteiger partial charge in [0.25, 0.3) is 0 Å². The largest absolute Gasteiger partial charge is 0.465 e. The quantitative estimate of drug-likeness (QED) is 0.749. The van der Waals surface area contributed by atoms with Crippen LogP contribution in [0.15, 0.2) is 24.3 Å². The van der Waals surface area contributed by atoms with Crippen LogP contribution in [0.25, 0.3) is 0 Å². The minimum atomic E-state index is -1.78. The molecule has 1 atom stereocenters. The number of benzene rings is 1. The summed E-state index contributed by atoms with van der Waals surface area (Å²) in [5.41, 5.74) is -1.84. The van der Waals surface area contributed by atoms with E-state index in [-0.39, 0.29) is 30.8 Å². The number of nitrogens with zero attached hydrogens (tertiary/aromatic N) is 1. The van der Waals surface area contributed by atoms with Gasteiger partial charge in [-0.05, 0) is 26.3 Å². The molecule has 4 nitrogen and oxygen atoms in total. The van der Waals surface area contributed by atoms with E-state index in [2.05, 4.69) is 0 Å². The number of hydrogen-bond acceptors (Lipinski definition) is 4. The number of hydrogen-bond donors (Lipinski definition) is 0. The smallest absolute Gasteiger partial charge is 0.331 e. The van der Waals surface area contributed by atoms with Crippen LogP contribution in [0, 0.1) is 17.1 Å². The van der Waals surface area contributed by atoms with Crippen molar-refractivity contribution in [3.8, 4) is 6.07 Å². The Morgan fingerprint density at radius 1 is 1.40 bits per heavy atom. The van der Waals surface area contributed by atoms with Crippen molar-refractivity contribution in [2.24, 2.45) is 0 Å². The van der Waals surface area contributed by atoms with Gasteiger partial charge in [-0.2, -0.15) is 5.26 Å². The van der Waals surface area contributed by atoms with E-state index in [0.717, 1.165) is 0 Å². The van der Waals surface area contributed by atoms with Crippen LogP contribution in [0.5, 0.6) is 0 Å². The molecule has 0 aromatic heterocycles. The zero-order valence-corrected chi connectivity index (χ0v) is 11.5. The van der Waals surface area contributed by atoms with Crippen molar-refractivity contribution in [2.45, 2.75) is 32.1 Å². The number of rotatable bonds is 6. The predicted octanol–water partition coefficient (Wildman–Crippen LogP) is 2.52. The average Bonchev–Trinajstić information content (AvgIpc) is 2.41. The maximum Gasteiger partial charge on any atom is 0.331 e. The molecule has 0 radical (unpaired) electrons. The second kappa shape index (κ2) is 6.80. The topological polar surface area (TPSA) is 67.2 Å². The zero-order chi connectivity index (χ0) is 15.2. The molecular formula is C15H16FNO3. The number of carbonyl (C=O) groups excluding carboxylic acids is 2. The van der Waals surface area contributed by atoms with Crippen molar-refractivity contribution < 1.29 is 18.7 Å². The number of carbonyl (C=O) groups is 2. The molecule has 0 fully saturated rings. The van der Waals surface area contributed by atoms with Crippen LogP contribution in [0.3, 0.4) is 0 Å². The van der Waals surface area contributed by atoms with E-state index in [1.807, 2.05) is 6.07 Å². The number of nitriles is 1. The lowest BCUT2D eigenvalue weighted by Crippen LogP contribution is -2.37. The van der Waals surface area contributed by atoms with Gasteiger partial charge in [0.05, 0.1) is 12.7 Å². The minimum Gasteiger partial charge on any atom is -0.465 e. The van der Waals surface area contributed by atoms with Crippen molar-refractivity contribution >= 4 is 11.8 Å². The summed E-state index contributed by atoms with van der Waals surface area (Å²) in [5.74, 6) is -1.66. The molecule has 0 aliphatic heterocycles. The summed E-state index contributed by atoms with van der Waals surface area (Å²) in [4.78, 5) is 23.3. The number of esters is 1. The Morgan fingerprint density at radius 3 is 2.55 bits per heavy atom. The third-order valence-electron chi connectivity index (χ3n) is 3.00. The highest BCUT2D eigenvalue weighted by Crippen LogP contribution is 2.32. The van der Waals surface area contributed by atoms with Gasteiger partial charge in [0.2, 0.25) is 0 Å². The highest BCUT2D eigenvalue weighted by atomic mass is 19.1. The third kappa shape index (κ3) is 3.21. The number of halogens is 1. The predicted molar refractivity (Wildman–Crippen MR) is 70.2 cm³/mol. The molecule has 0 N–H and O–H groups in total. The normalized spacial score (nSPS) is 13.1. The second-order valence-corrected chi connectivity index (χ2v) is 4.42. The summed E-state index contributed by atoms with van der Waals surface area (Å²) < 4.78 is 18.9. The molecule has 0 heterocycles. The molecule has 1 aromatic carbocycles. The van der Waals surface area contributed by atoms with Crippen LogP contribution in [-0.4, -0.2) is 18.4 Å². The van der Waals surface area contributed by atoms with Crippen LogP contribution in [0.1, 0.15) is 32.3 Å². The van der Waals surface area contributed by atoms with Crippen LogP contribution in [-0.2, 0) is 19.7 Å². The van der Waals surface area contributed by atoms with Gasteiger partial charge in [-0.1, -0.05) is 18.2 Å². The second-order valence-electron chi connectivity index (χ2n) is 4.42. The standard InChI is InChI=1S/C15H16FNO3/c1-3-20-14(19)15(10-17,9-8-11(2)18)12-6-4-5-7-13(12)16/h4-7H,3,8-9H2,1-2H3/t15-/m1/s1. The molecule has 0 saturated carbocycles. The molecule has 0 unspecified atom stereocenters. The van der Waals surface area contributed by atoms with E-state index in [1.54, 1.807) is 6.92 Å². The van der Waals surface area contributed by atoms with E-state index in [4.69, 9.17) is 4.74 Å². The molecule has 20 heavy (non-hydrogen) atoms. The van der Waals surface area contributed by atoms with Gasteiger partial charge < -0.3 is 9.53 Å². The Kier molecular flexibility index (Phi) is 5.39. The lowest BCUT2D eigenvalue weighted by atomic mass is 9.77. The maximum atomic E-state index is 14.0. The van der Waals surface area contributed by atoms with Crippen LogP contribution in [0.4, 0.5) is 4.39 Å². The van der Waals surface area contributed by atoms with Gasteiger partial charge in [0.1, 0.15) is 11.6 Å². The first kappa shape index (κ1) is 15.8. The minimum absolute atomic E-state index is 0.000703. The average molecular weight is 277 g/mol. The molecule has 0 amide bonds. The van der Waals surface area contributed by atoms with Crippen molar-refractivity contribution in [1.29, 1.82) is 5.26 Å². The first-order valence-corrected chi connectivity index (χ1v) is 6.31. The lowest BCUT2D eigenvalue weighted by Gasteiger charge is -2.24. The summed E-state index contributed by atoms with van der Waals surface area (Å²) in [6.07, 6.45) is -0.0979. The zero-order valence-electron chi connectivity index (χ0n) is 11.5. The molecule has 0 spiro atoms. The van der Waals surface area contributed by atoms with E-state index < -0.39 is 17.2 Å². The van der Waals surface area contributed by atoms with E-state index >= 15 is 0 Å². The molecule has 106 valence electrons. The Balaban J connectivity index is 3.31. The SMILES string of the molecule is CCOC(=O)[C@@](C#N)(CCC(C)=O)c1ccccc1F. The molecule has 0 aliphatic carbocycles. The number of Topliss-reactive ketones (excluding diaryl/α,β-unsaturated/α-hetero) is 1. The van der Waals surface area contributed by atoms with Gasteiger partial charge in [-0.25, -0.2) is 9.18 Å². The Morgan fingerprint density at radius 2 is 2.05 bits per heavy atom. The first-order valence-electron chi connectivity index (χ1n) is 6.31. The van der Waals surface area contributed by atoms with Crippen molar-refractivity contribution in [2.75, 3.05) is 6.61 Å². The fraction of sp³-hybridized carbons (Fsp3) is 0.400. The van der Waals surface area contributed by atoms with E-state index in [9.17, 15) is 19.2 Å². The third-order valence-corrected chi connectivity index (χ3v) is 3.00. The number of ketones is 1. The van der Waals surface area contributed by atoms with Gasteiger partial charge >= 0.3 is 5.97 Å².